The van der Waals surface area contributed by atoms with Gasteiger partial charge in [0, 0.05) is 30.1 Å². The minimum absolute atomic E-state index is 0.230. The Balaban J connectivity index is 2.23. The van der Waals surface area contributed by atoms with E-state index in [0.717, 1.165) is 29.8 Å². The molecule has 0 radical (unpaired) electrons. The van der Waals surface area contributed by atoms with Crippen LogP contribution in [-0.4, -0.2) is 34.6 Å². The smallest absolute Gasteiger partial charge is 0.425 e. The van der Waals surface area contributed by atoms with Gasteiger partial charge in [-0.15, -0.1) is 0 Å². The molecule has 1 aliphatic rings. The van der Waals surface area contributed by atoms with Gasteiger partial charge in [0.2, 0.25) is 0 Å². The Labute approximate surface area is 190 Å². The number of rotatable bonds is 6. The van der Waals surface area contributed by atoms with Crippen LogP contribution < -0.4 is 10.6 Å². The van der Waals surface area contributed by atoms with E-state index in [4.69, 9.17) is 4.42 Å². The van der Waals surface area contributed by atoms with Crippen LogP contribution in [0.1, 0.15) is 42.8 Å². The summed E-state index contributed by atoms with van der Waals surface area (Å²) in [6.07, 6.45) is -9.70. The number of nitrogens with zero attached hydrogens (tertiary/aromatic N) is 1. The summed E-state index contributed by atoms with van der Waals surface area (Å²) in [5, 5.41) is 3.64. The van der Waals surface area contributed by atoms with Gasteiger partial charge in [0.15, 0.2) is 5.78 Å². The van der Waals surface area contributed by atoms with Crippen molar-refractivity contribution in [1.29, 1.82) is 0 Å². The standard InChI is InChI=1S/C22H21F6N3O3/c1-19(2)10-15(30-12-14-4-3-9-34-14)17(16(32)11-19)20(21(23,24)25,22(26,27)28)31-18(33)13-5-7-29-8-6-13/h3-9,30H,10-12H2,1-2H3,(H,31,33). The van der Waals surface area contributed by atoms with E-state index in [0.29, 0.717) is 0 Å². The van der Waals surface area contributed by atoms with Crippen LogP contribution in [0.15, 0.2) is 58.6 Å². The number of amides is 1. The number of furan rings is 1. The van der Waals surface area contributed by atoms with E-state index >= 15 is 0 Å². The molecule has 0 fully saturated rings. The number of ketones is 1. The molecular formula is C22H21F6N3O3. The second kappa shape index (κ2) is 8.80. The maximum absolute atomic E-state index is 14.4. The number of alkyl halides is 6. The van der Waals surface area contributed by atoms with Crippen molar-refractivity contribution in [3.63, 3.8) is 0 Å². The molecule has 3 rings (SSSR count). The Morgan fingerprint density at radius 3 is 2.21 bits per heavy atom. The highest BCUT2D eigenvalue weighted by molar-refractivity contribution is 6.02. The lowest BCUT2D eigenvalue weighted by Gasteiger charge is -2.43. The van der Waals surface area contributed by atoms with Crippen LogP contribution in [-0.2, 0) is 11.3 Å². The number of Topliss-reactive ketones (excluding diaryl/α,β-unsaturated/α-hetero) is 1. The molecule has 12 heteroatoms. The van der Waals surface area contributed by atoms with Gasteiger partial charge in [0.05, 0.1) is 18.4 Å². The number of nitrogens with one attached hydrogen (secondary N) is 2. The lowest BCUT2D eigenvalue weighted by atomic mass is 9.70. The van der Waals surface area contributed by atoms with E-state index in [1.807, 2.05) is 0 Å². The molecule has 1 amide bonds. The lowest BCUT2D eigenvalue weighted by molar-refractivity contribution is -0.290. The molecular weight excluding hydrogens is 468 g/mol. The average Bonchev–Trinajstić information content (AvgIpc) is 3.22. The molecule has 0 saturated carbocycles. The third kappa shape index (κ3) is 4.80. The van der Waals surface area contributed by atoms with Gasteiger partial charge in [-0.05, 0) is 36.1 Å². The maximum atomic E-state index is 14.4. The molecule has 2 heterocycles. The van der Waals surface area contributed by atoms with Gasteiger partial charge in [-0.1, -0.05) is 13.8 Å². The Kier molecular flexibility index (Phi) is 6.55. The number of carbonyl (C=O) groups excluding carboxylic acids is 2. The van der Waals surface area contributed by atoms with Crippen LogP contribution in [0.3, 0.4) is 0 Å². The van der Waals surface area contributed by atoms with E-state index in [-0.39, 0.29) is 18.7 Å². The summed E-state index contributed by atoms with van der Waals surface area (Å²) >= 11 is 0. The molecule has 184 valence electrons. The Morgan fingerprint density at radius 1 is 1.06 bits per heavy atom. The van der Waals surface area contributed by atoms with Crippen LogP contribution in [0.4, 0.5) is 26.3 Å². The van der Waals surface area contributed by atoms with Crippen molar-refractivity contribution in [1.82, 2.24) is 15.6 Å². The fraction of sp³-hybridized carbons (Fsp3) is 0.409. The van der Waals surface area contributed by atoms with Gasteiger partial charge < -0.3 is 15.1 Å². The van der Waals surface area contributed by atoms with Crippen molar-refractivity contribution in [3.05, 3.63) is 65.5 Å². The summed E-state index contributed by atoms with van der Waals surface area (Å²) in [5.74, 6) is -2.80. The third-order valence-corrected chi connectivity index (χ3v) is 5.40. The number of halogens is 6. The first-order chi connectivity index (χ1) is 15.7. The maximum Gasteiger partial charge on any atom is 0.425 e. The zero-order valence-electron chi connectivity index (χ0n) is 18.1. The Hall–Kier alpha value is -3.31. The number of hydrogen-bond donors (Lipinski definition) is 2. The first kappa shape index (κ1) is 25.3. The quantitative estimate of drug-likeness (QED) is 0.575. The summed E-state index contributed by atoms with van der Waals surface area (Å²) < 4.78 is 91.5. The second-order valence-electron chi connectivity index (χ2n) is 8.66. The van der Waals surface area contributed by atoms with Crippen molar-refractivity contribution < 1.29 is 40.3 Å². The second-order valence-corrected chi connectivity index (χ2v) is 8.66. The molecule has 0 spiro atoms. The number of hydrogen-bond acceptors (Lipinski definition) is 5. The van der Waals surface area contributed by atoms with Crippen LogP contribution in [0.25, 0.3) is 0 Å². The zero-order chi connectivity index (χ0) is 25.4. The van der Waals surface area contributed by atoms with Crippen molar-refractivity contribution in [2.45, 2.75) is 51.1 Å². The normalized spacial score (nSPS) is 17.0. The summed E-state index contributed by atoms with van der Waals surface area (Å²) in [7, 11) is 0. The SMILES string of the molecule is CC1(C)CC(=O)C(C(NC(=O)c2ccncc2)(C(F)(F)F)C(F)(F)F)=C(NCc2ccco2)C1. The molecule has 1 aliphatic carbocycles. The van der Waals surface area contributed by atoms with Crippen molar-refractivity contribution in [2.24, 2.45) is 5.41 Å². The molecule has 2 aromatic heterocycles. The highest BCUT2D eigenvalue weighted by atomic mass is 19.4. The van der Waals surface area contributed by atoms with Crippen LogP contribution in [0.5, 0.6) is 0 Å². The average molecular weight is 489 g/mol. The van der Waals surface area contributed by atoms with E-state index in [2.05, 4.69) is 10.3 Å². The van der Waals surface area contributed by atoms with Crippen LogP contribution >= 0.6 is 0 Å². The fourth-order valence-corrected chi connectivity index (χ4v) is 3.91. The van der Waals surface area contributed by atoms with Crippen LogP contribution in [0, 0.1) is 5.41 Å². The monoisotopic (exact) mass is 489 g/mol. The molecule has 0 aliphatic heterocycles. The molecule has 34 heavy (non-hydrogen) atoms. The number of allylic oxidation sites excluding steroid dienone is 1. The molecule has 2 aromatic rings. The van der Waals surface area contributed by atoms with Gasteiger partial charge in [-0.2, -0.15) is 26.3 Å². The number of aromatic nitrogens is 1. The molecule has 6 nitrogen and oxygen atoms in total. The molecule has 0 atom stereocenters. The zero-order valence-corrected chi connectivity index (χ0v) is 18.1. The summed E-state index contributed by atoms with van der Waals surface area (Å²) in [6, 6.07) is 4.88. The van der Waals surface area contributed by atoms with Crippen molar-refractivity contribution in [2.75, 3.05) is 0 Å². The summed E-state index contributed by atoms with van der Waals surface area (Å²) in [6.45, 7) is 2.84. The van der Waals surface area contributed by atoms with E-state index in [1.165, 1.54) is 18.4 Å². The predicted molar refractivity (Wildman–Crippen MR) is 107 cm³/mol. The third-order valence-electron chi connectivity index (χ3n) is 5.40. The number of carbonyl (C=O) groups is 2. The van der Waals surface area contributed by atoms with E-state index in [1.54, 1.807) is 13.8 Å². The van der Waals surface area contributed by atoms with Gasteiger partial charge in [0.1, 0.15) is 5.76 Å². The highest BCUT2D eigenvalue weighted by Crippen LogP contribution is 2.52. The van der Waals surface area contributed by atoms with E-state index in [9.17, 15) is 35.9 Å². The Morgan fingerprint density at radius 2 is 1.68 bits per heavy atom. The molecule has 2 N–H and O–H groups in total. The first-order valence-electron chi connectivity index (χ1n) is 10.1. The lowest BCUT2D eigenvalue weighted by Crippen LogP contribution is -2.70. The largest absolute Gasteiger partial charge is 0.467 e. The molecule has 0 saturated heterocycles. The van der Waals surface area contributed by atoms with Gasteiger partial charge in [-0.25, -0.2) is 0 Å². The molecule has 0 bridgehead atoms. The minimum Gasteiger partial charge on any atom is -0.467 e. The number of pyridine rings is 1. The predicted octanol–water partition coefficient (Wildman–Crippen LogP) is 4.70. The van der Waals surface area contributed by atoms with Gasteiger partial charge in [-0.3, -0.25) is 14.6 Å². The fourth-order valence-electron chi connectivity index (χ4n) is 3.91. The molecule has 0 unspecified atom stereocenters. The molecule has 0 aromatic carbocycles. The van der Waals surface area contributed by atoms with E-state index < -0.39 is 58.3 Å². The highest BCUT2D eigenvalue weighted by Gasteiger charge is 2.75. The van der Waals surface area contributed by atoms with Gasteiger partial charge >= 0.3 is 12.4 Å². The van der Waals surface area contributed by atoms with Crippen molar-refractivity contribution in [3.8, 4) is 0 Å². The topological polar surface area (TPSA) is 84.2 Å². The summed E-state index contributed by atoms with van der Waals surface area (Å²) in [4.78, 5) is 29.1. The minimum atomic E-state index is -6.10. The van der Waals surface area contributed by atoms with Gasteiger partial charge in [0.25, 0.3) is 11.4 Å². The Bertz CT molecular complexity index is 1060. The summed E-state index contributed by atoms with van der Waals surface area (Å²) in [5.41, 5.74) is -8.51. The van der Waals surface area contributed by atoms with Crippen molar-refractivity contribution >= 4 is 11.7 Å². The van der Waals surface area contributed by atoms with Crippen LogP contribution in [0.2, 0.25) is 0 Å². The first-order valence-corrected chi connectivity index (χ1v) is 10.1.